The first kappa shape index (κ1) is 10.9. The molecule has 78 valence electrons. The third-order valence-corrected chi connectivity index (χ3v) is 2.27. The first-order valence-electron chi connectivity index (χ1n) is 4.76. The van der Waals surface area contributed by atoms with Gasteiger partial charge in [-0.1, -0.05) is 19.9 Å². The Morgan fingerprint density at radius 3 is 2.43 bits per heavy atom. The van der Waals surface area contributed by atoms with Crippen molar-refractivity contribution in [1.82, 2.24) is 0 Å². The summed E-state index contributed by atoms with van der Waals surface area (Å²) in [6, 6.07) is 3.92. The van der Waals surface area contributed by atoms with Crippen LogP contribution in [0.4, 0.5) is 5.69 Å². The van der Waals surface area contributed by atoms with Crippen molar-refractivity contribution in [3.8, 4) is 5.75 Å². The van der Waals surface area contributed by atoms with E-state index in [9.17, 15) is 0 Å². The van der Waals surface area contributed by atoms with Gasteiger partial charge in [0.1, 0.15) is 5.75 Å². The summed E-state index contributed by atoms with van der Waals surface area (Å²) in [4.78, 5) is 0. The summed E-state index contributed by atoms with van der Waals surface area (Å²) in [5, 5.41) is 0. The highest BCUT2D eigenvalue weighted by molar-refractivity contribution is 5.59. The molecular formula is C11H18N2O. The molecule has 0 fully saturated rings. The third kappa shape index (κ3) is 1.99. The lowest BCUT2D eigenvalue weighted by atomic mass is 9.98. The van der Waals surface area contributed by atoms with E-state index >= 15 is 0 Å². The fourth-order valence-electron chi connectivity index (χ4n) is 1.52. The zero-order valence-electron chi connectivity index (χ0n) is 9.00. The van der Waals surface area contributed by atoms with Gasteiger partial charge in [-0.25, -0.2) is 0 Å². The van der Waals surface area contributed by atoms with Gasteiger partial charge < -0.3 is 16.2 Å². The van der Waals surface area contributed by atoms with Gasteiger partial charge in [-0.3, -0.25) is 0 Å². The molecule has 1 rings (SSSR count). The molecule has 0 aliphatic rings. The number of anilines is 1. The summed E-state index contributed by atoms with van der Waals surface area (Å²) in [5.41, 5.74) is 14.3. The third-order valence-electron chi connectivity index (χ3n) is 2.27. The van der Waals surface area contributed by atoms with Crippen LogP contribution in [-0.4, -0.2) is 7.11 Å². The van der Waals surface area contributed by atoms with Crippen LogP contribution in [0.3, 0.4) is 0 Å². The van der Waals surface area contributed by atoms with Gasteiger partial charge in [0.05, 0.1) is 12.8 Å². The fraction of sp³-hybridized carbons (Fsp3) is 0.455. The van der Waals surface area contributed by atoms with Crippen molar-refractivity contribution in [2.45, 2.75) is 26.3 Å². The van der Waals surface area contributed by atoms with Crippen LogP contribution < -0.4 is 16.2 Å². The number of ether oxygens (including phenoxy) is 1. The Kier molecular flexibility index (Phi) is 3.36. The molecule has 1 aromatic carbocycles. The summed E-state index contributed by atoms with van der Waals surface area (Å²) >= 11 is 0. The number of hydrogen-bond donors (Lipinski definition) is 2. The molecular weight excluding hydrogens is 176 g/mol. The molecule has 4 N–H and O–H groups in total. The van der Waals surface area contributed by atoms with Crippen molar-refractivity contribution in [2.24, 2.45) is 5.73 Å². The lowest BCUT2D eigenvalue weighted by Gasteiger charge is -2.15. The fourth-order valence-corrected chi connectivity index (χ4v) is 1.52. The van der Waals surface area contributed by atoms with Crippen molar-refractivity contribution < 1.29 is 4.74 Å². The van der Waals surface area contributed by atoms with E-state index in [4.69, 9.17) is 16.2 Å². The molecule has 0 aliphatic carbocycles. The Bertz CT molecular complexity index is 321. The van der Waals surface area contributed by atoms with Gasteiger partial charge in [0.2, 0.25) is 0 Å². The van der Waals surface area contributed by atoms with Crippen molar-refractivity contribution in [3.05, 3.63) is 23.3 Å². The largest absolute Gasteiger partial charge is 0.494 e. The van der Waals surface area contributed by atoms with Crippen LogP contribution >= 0.6 is 0 Å². The second-order valence-corrected chi connectivity index (χ2v) is 3.67. The van der Waals surface area contributed by atoms with Crippen LogP contribution in [0, 0.1) is 0 Å². The van der Waals surface area contributed by atoms with Crippen LogP contribution in [-0.2, 0) is 6.54 Å². The average Bonchev–Trinajstić information content (AvgIpc) is 2.16. The first-order valence-corrected chi connectivity index (χ1v) is 4.76. The minimum atomic E-state index is 0.388. The Balaban J connectivity index is 3.28. The summed E-state index contributed by atoms with van der Waals surface area (Å²) in [7, 11) is 1.64. The van der Waals surface area contributed by atoms with Gasteiger partial charge >= 0.3 is 0 Å². The van der Waals surface area contributed by atoms with Gasteiger partial charge in [-0.2, -0.15) is 0 Å². The van der Waals surface area contributed by atoms with E-state index < -0.39 is 0 Å². The molecule has 0 saturated heterocycles. The molecule has 0 spiro atoms. The van der Waals surface area contributed by atoms with Crippen molar-refractivity contribution in [2.75, 3.05) is 12.8 Å². The predicted octanol–water partition coefficient (Wildman–Crippen LogP) is 1.86. The second-order valence-electron chi connectivity index (χ2n) is 3.67. The Morgan fingerprint density at radius 2 is 2.00 bits per heavy atom. The second kappa shape index (κ2) is 4.33. The van der Waals surface area contributed by atoms with Crippen molar-refractivity contribution >= 4 is 5.69 Å². The number of hydrogen-bond acceptors (Lipinski definition) is 3. The molecule has 0 atom stereocenters. The Morgan fingerprint density at radius 1 is 1.36 bits per heavy atom. The standard InChI is InChI=1S/C11H18N2O/c1-7(2)9-4-8(6-12)5-10(13)11(9)14-3/h4-5,7H,6,12-13H2,1-3H3. The highest BCUT2D eigenvalue weighted by Gasteiger charge is 2.11. The molecule has 0 heterocycles. The van der Waals surface area contributed by atoms with Gasteiger partial charge in [0, 0.05) is 6.54 Å². The first-order chi connectivity index (χ1) is 6.60. The summed E-state index contributed by atoms with van der Waals surface area (Å²) in [5.74, 6) is 1.16. The maximum Gasteiger partial charge on any atom is 0.145 e. The molecule has 3 nitrogen and oxygen atoms in total. The summed E-state index contributed by atoms with van der Waals surface area (Å²) in [6.07, 6.45) is 0. The van der Waals surface area contributed by atoms with Gasteiger partial charge in [-0.05, 0) is 23.1 Å². The maximum absolute atomic E-state index is 5.87. The minimum absolute atomic E-state index is 0.388. The smallest absolute Gasteiger partial charge is 0.145 e. The van der Waals surface area contributed by atoms with E-state index in [1.807, 2.05) is 6.07 Å². The van der Waals surface area contributed by atoms with Gasteiger partial charge in [0.15, 0.2) is 0 Å². The molecule has 3 heteroatoms. The molecule has 1 aromatic rings. The lowest BCUT2D eigenvalue weighted by molar-refractivity contribution is 0.409. The molecule has 14 heavy (non-hydrogen) atoms. The van der Waals surface area contributed by atoms with E-state index in [-0.39, 0.29) is 0 Å². The minimum Gasteiger partial charge on any atom is -0.494 e. The van der Waals surface area contributed by atoms with E-state index in [0.29, 0.717) is 18.2 Å². The number of nitrogen functional groups attached to an aromatic ring is 1. The zero-order chi connectivity index (χ0) is 10.7. The van der Waals surface area contributed by atoms with Crippen LogP contribution in [0.15, 0.2) is 12.1 Å². The average molecular weight is 194 g/mol. The molecule has 0 saturated carbocycles. The molecule has 0 radical (unpaired) electrons. The SMILES string of the molecule is COc1c(N)cc(CN)cc1C(C)C. The van der Waals surface area contributed by atoms with Crippen LogP contribution in [0.25, 0.3) is 0 Å². The molecule has 0 amide bonds. The molecule has 0 unspecified atom stereocenters. The molecule has 0 aliphatic heterocycles. The topological polar surface area (TPSA) is 61.3 Å². The molecule has 0 bridgehead atoms. The summed E-state index contributed by atoms with van der Waals surface area (Å²) < 4.78 is 5.27. The van der Waals surface area contributed by atoms with Crippen LogP contribution in [0.5, 0.6) is 5.75 Å². The van der Waals surface area contributed by atoms with E-state index in [1.54, 1.807) is 7.11 Å². The lowest BCUT2D eigenvalue weighted by Crippen LogP contribution is -2.04. The van der Waals surface area contributed by atoms with E-state index in [1.165, 1.54) is 0 Å². The Labute approximate surface area is 85.0 Å². The van der Waals surface area contributed by atoms with Gasteiger partial charge in [0.25, 0.3) is 0 Å². The number of benzene rings is 1. The summed E-state index contributed by atoms with van der Waals surface area (Å²) in [6.45, 7) is 4.73. The number of methoxy groups -OCH3 is 1. The van der Waals surface area contributed by atoms with Gasteiger partial charge in [-0.15, -0.1) is 0 Å². The maximum atomic E-state index is 5.87. The number of rotatable bonds is 3. The van der Waals surface area contributed by atoms with Crippen LogP contribution in [0.2, 0.25) is 0 Å². The number of nitrogens with two attached hydrogens (primary N) is 2. The van der Waals surface area contributed by atoms with Crippen LogP contribution in [0.1, 0.15) is 30.9 Å². The van der Waals surface area contributed by atoms with E-state index in [2.05, 4.69) is 19.9 Å². The quantitative estimate of drug-likeness (QED) is 0.722. The zero-order valence-corrected chi connectivity index (χ0v) is 9.00. The Hall–Kier alpha value is -1.22. The normalized spacial score (nSPS) is 10.6. The highest BCUT2D eigenvalue weighted by Crippen LogP contribution is 2.33. The van der Waals surface area contributed by atoms with Crippen molar-refractivity contribution in [1.29, 1.82) is 0 Å². The van der Waals surface area contributed by atoms with Crippen molar-refractivity contribution in [3.63, 3.8) is 0 Å². The highest BCUT2D eigenvalue weighted by atomic mass is 16.5. The van der Waals surface area contributed by atoms with E-state index in [0.717, 1.165) is 16.9 Å². The monoisotopic (exact) mass is 194 g/mol. The predicted molar refractivity (Wildman–Crippen MR) is 59.4 cm³/mol. The molecule has 0 aromatic heterocycles.